The largest absolute Gasteiger partial charge is 0.355 e. The number of thioether (sulfide) groups is 1. The lowest BCUT2D eigenvalue weighted by Crippen LogP contribution is -2.45. The summed E-state index contributed by atoms with van der Waals surface area (Å²) in [5.41, 5.74) is 1.01. The maximum Gasteiger partial charge on any atom is 0.224 e. The summed E-state index contributed by atoms with van der Waals surface area (Å²) in [6, 6.07) is 5.43. The van der Waals surface area contributed by atoms with Crippen LogP contribution < -0.4 is 5.32 Å². The number of amides is 1. The summed E-state index contributed by atoms with van der Waals surface area (Å²) in [6.07, 6.45) is 2.63. The average molecular weight is 425 g/mol. The first-order valence-electron chi connectivity index (χ1n) is 8.02. The molecule has 0 unspecified atom stereocenters. The first-order chi connectivity index (χ1) is 11.8. The predicted octanol–water partition coefficient (Wildman–Crippen LogP) is 3.01. The molecule has 140 valence electrons. The summed E-state index contributed by atoms with van der Waals surface area (Å²) in [5.74, 6) is 1.17. The lowest BCUT2D eigenvalue weighted by molar-refractivity contribution is -0.125. The number of rotatable bonds is 7. The highest BCUT2D eigenvalue weighted by Crippen LogP contribution is 2.24. The fourth-order valence-corrected chi connectivity index (χ4v) is 5.00. The Balaban J connectivity index is 1.70. The van der Waals surface area contributed by atoms with Crippen molar-refractivity contribution in [2.24, 2.45) is 5.92 Å². The van der Waals surface area contributed by atoms with Crippen molar-refractivity contribution in [1.82, 2.24) is 9.62 Å². The SMILES string of the molecule is CS(=O)(=O)N1CCC[C@@H](C(=O)NCCSCc2ccc(Cl)cc2Cl)C1. The number of carbonyl (C=O) groups is 1. The molecule has 5 nitrogen and oxygen atoms in total. The summed E-state index contributed by atoms with van der Waals surface area (Å²) in [5, 5.41) is 4.16. The van der Waals surface area contributed by atoms with Crippen LogP contribution in [-0.4, -0.2) is 50.3 Å². The molecular weight excluding hydrogens is 403 g/mol. The molecule has 0 saturated carbocycles. The van der Waals surface area contributed by atoms with E-state index in [0.717, 1.165) is 29.9 Å². The van der Waals surface area contributed by atoms with Gasteiger partial charge in [0.2, 0.25) is 15.9 Å². The Morgan fingerprint density at radius 2 is 2.16 bits per heavy atom. The topological polar surface area (TPSA) is 66.5 Å². The van der Waals surface area contributed by atoms with Crippen LogP contribution in [-0.2, 0) is 20.6 Å². The molecular formula is C16H22Cl2N2O3S2. The summed E-state index contributed by atoms with van der Waals surface area (Å²) < 4.78 is 24.6. The zero-order valence-corrected chi connectivity index (χ0v) is 17.1. The minimum atomic E-state index is -3.23. The molecule has 0 aromatic heterocycles. The highest BCUT2D eigenvalue weighted by molar-refractivity contribution is 7.98. The smallest absolute Gasteiger partial charge is 0.224 e. The number of nitrogens with one attached hydrogen (secondary N) is 1. The number of sulfonamides is 1. The van der Waals surface area contributed by atoms with Gasteiger partial charge in [0.25, 0.3) is 0 Å². The highest BCUT2D eigenvalue weighted by atomic mass is 35.5. The maximum atomic E-state index is 12.2. The molecule has 1 aromatic rings. The Kier molecular flexibility index (Phi) is 7.89. The van der Waals surface area contributed by atoms with E-state index in [1.54, 1.807) is 17.8 Å². The molecule has 1 atom stereocenters. The Labute approximate surface area is 163 Å². The van der Waals surface area contributed by atoms with Crippen LogP contribution in [0, 0.1) is 5.92 Å². The molecule has 0 bridgehead atoms. The highest BCUT2D eigenvalue weighted by Gasteiger charge is 2.29. The van der Waals surface area contributed by atoms with Crippen molar-refractivity contribution >= 4 is 50.9 Å². The molecule has 1 aromatic carbocycles. The fourth-order valence-electron chi connectivity index (χ4n) is 2.67. The maximum absolute atomic E-state index is 12.2. The Hall–Kier alpha value is -0.470. The van der Waals surface area contributed by atoms with Crippen LogP contribution in [0.15, 0.2) is 18.2 Å². The molecule has 9 heteroatoms. The van der Waals surface area contributed by atoms with Crippen LogP contribution in [0.25, 0.3) is 0 Å². The predicted molar refractivity (Wildman–Crippen MR) is 105 cm³/mol. The molecule has 1 aliphatic heterocycles. The number of hydrogen-bond donors (Lipinski definition) is 1. The molecule has 1 saturated heterocycles. The van der Waals surface area contributed by atoms with Gasteiger partial charge < -0.3 is 5.32 Å². The minimum absolute atomic E-state index is 0.0709. The van der Waals surface area contributed by atoms with E-state index in [2.05, 4.69) is 5.32 Å². The molecule has 0 spiro atoms. The molecule has 1 aliphatic rings. The van der Waals surface area contributed by atoms with Crippen molar-refractivity contribution in [2.45, 2.75) is 18.6 Å². The van der Waals surface area contributed by atoms with Crippen molar-refractivity contribution < 1.29 is 13.2 Å². The van der Waals surface area contributed by atoms with Gasteiger partial charge in [0, 0.05) is 41.2 Å². The number of piperidine rings is 1. The monoisotopic (exact) mass is 424 g/mol. The lowest BCUT2D eigenvalue weighted by Gasteiger charge is -2.30. The van der Waals surface area contributed by atoms with Crippen molar-refractivity contribution in [3.63, 3.8) is 0 Å². The van der Waals surface area contributed by atoms with Gasteiger partial charge in [0.05, 0.1) is 12.2 Å². The third kappa shape index (κ3) is 6.64. The fraction of sp³-hybridized carbons (Fsp3) is 0.562. The molecule has 1 fully saturated rings. The Bertz CT molecular complexity index is 713. The van der Waals surface area contributed by atoms with Gasteiger partial charge in [-0.2, -0.15) is 11.8 Å². The standard InChI is InChI=1S/C16H22Cl2N2O3S2/c1-25(22,23)20-7-2-3-12(10-20)16(21)19-6-8-24-11-13-4-5-14(17)9-15(13)18/h4-5,9,12H,2-3,6-8,10-11H2,1H3,(H,19,21)/t12-/m1/s1. The molecule has 0 radical (unpaired) electrons. The second kappa shape index (κ2) is 9.46. The van der Waals surface area contributed by atoms with E-state index < -0.39 is 10.0 Å². The van der Waals surface area contributed by atoms with Crippen molar-refractivity contribution in [3.05, 3.63) is 33.8 Å². The van der Waals surface area contributed by atoms with Gasteiger partial charge >= 0.3 is 0 Å². The van der Waals surface area contributed by atoms with Gasteiger partial charge in [-0.15, -0.1) is 0 Å². The summed E-state index contributed by atoms with van der Waals surface area (Å²) in [6.45, 7) is 1.32. The molecule has 1 amide bonds. The van der Waals surface area contributed by atoms with Gasteiger partial charge in [-0.3, -0.25) is 4.79 Å². The van der Waals surface area contributed by atoms with E-state index in [-0.39, 0.29) is 18.4 Å². The van der Waals surface area contributed by atoms with Gasteiger partial charge in [-0.1, -0.05) is 29.3 Å². The molecule has 1 N–H and O–H groups in total. The van der Waals surface area contributed by atoms with Crippen LogP contribution >= 0.6 is 35.0 Å². The zero-order valence-electron chi connectivity index (χ0n) is 14.0. The lowest BCUT2D eigenvalue weighted by atomic mass is 9.99. The van der Waals surface area contributed by atoms with Gasteiger partial charge in [-0.25, -0.2) is 12.7 Å². The van der Waals surface area contributed by atoms with Gasteiger partial charge in [0.1, 0.15) is 0 Å². The number of halogens is 2. The number of nitrogens with zero attached hydrogens (tertiary/aromatic N) is 1. The van der Waals surface area contributed by atoms with Crippen LogP contribution in [0.1, 0.15) is 18.4 Å². The molecule has 2 rings (SSSR count). The van der Waals surface area contributed by atoms with Crippen molar-refractivity contribution in [1.29, 1.82) is 0 Å². The summed E-state index contributed by atoms with van der Waals surface area (Å²) >= 11 is 13.7. The van der Waals surface area contributed by atoms with E-state index in [4.69, 9.17) is 23.2 Å². The van der Waals surface area contributed by atoms with Crippen LogP contribution in [0.5, 0.6) is 0 Å². The van der Waals surface area contributed by atoms with Gasteiger partial charge in [-0.05, 0) is 30.5 Å². The van der Waals surface area contributed by atoms with E-state index in [0.29, 0.717) is 23.1 Å². The summed E-state index contributed by atoms with van der Waals surface area (Å²) in [4.78, 5) is 12.2. The van der Waals surface area contributed by atoms with Crippen molar-refractivity contribution in [2.75, 3.05) is 31.6 Å². The quantitative estimate of drug-likeness (QED) is 0.682. The van der Waals surface area contributed by atoms with E-state index in [9.17, 15) is 13.2 Å². The first kappa shape index (κ1) is 20.8. The van der Waals surface area contributed by atoms with E-state index in [1.807, 2.05) is 12.1 Å². The molecule has 1 heterocycles. The Morgan fingerprint density at radius 3 is 2.84 bits per heavy atom. The van der Waals surface area contributed by atoms with E-state index in [1.165, 1.54) is 10.6 Å². The van der Waals surface area contributed by atoms with E-state index >= 15 is 0 Å². The normalized spacial score (nSPS) is 18.9. The number of hydrogen-bond acceptors (Lipinski definition) is 4. The third-order valence-electron chi connectivity index (χ3n) is 4.04. The van der Waals surface area contributed by atoms with Crippen LogP contribution in [0.2, 0.25) is 10.0 Å². The second-order valence-corrected chi connectivity index (χ2v) is 9.97. The third-order valence-corrected chi connectivity index (χ3v) is 6.91. The summed E-state index contributed by atoms with van der Waals surface area (Å²) in [7, 11) is -3.23. The zero-order chi connectivity index (χ0) is 18.4. The molecule has 25 heavy (non-hydrogen) atoms. The first-order valence-corrected chi connectivity index (χ1v) is 11.8. The number of carbonyl (C=O) groups excluding carboxylic acids is 1. The second-order valence-electron chi connectivity index (χ2n) is 6.04. The Morgan fingerprint density at radius 1 is 1.40 bits per heavy atom. The van der Waals surface area contributed by atoms with Crippen molar-refractivity contribution in [3.8, 4) is 0 Å². The van der Waals surface area contributed by atoms with Crippen LogP contribution in [0.3, 0.4) is 0 Å². The van der Waals surface area contributed by atoms with Crippen LogP contribution in [0.4, 0.5) is 0 Å². The molecule has 0 aliphatic carbocycles. The minimum Gasteiger partial charge on any atom is -0.355 e. The van der Waals surface area contributed by atoms with Gasteiger partial charge in [0.15, 0.2) is 0 Å². The average Bonchev–Trinajstić information content (AvgIpc) is 2.55. The number of benzene rings is 1.